The second kappa shape index (κ2) is 6.01. The van der Waals surface area contributed by atoms with Gasteiger partial charge in [0.2, 0.25) is 0 Å². The van der Waals surface area contributed by atoms with Crippen molar-refractivity contribution in [1.29, 1.82) is 0 Å². The van der Waals surface area contributed by atoms with Gasteiger partial charge in [-0.05, 0) is 25.0 Å². The van der Waals surface area contributed by atoms with Crippen LogP contribution in [0.5, 0.6) is 11.5 Å². The number of hydrogen-bond donors (Lipinski definition) is 1. The van der Waals surface area contributed by atoms with Gasteiger partial charge in [-0.25, -0.2) is 0 Å². The standard InChI is InChI=1S/C17H20O5/c1-20-10-3-5-12(15(18)7-10)14-9-22-16-8-11(21-2)4-6-13(16)17(14)19/h3,5,7,9,11,13,16,18H,4,6,8H2,1-2H3. The first-order chi connectivity index (χ1) is 10.6. The first-order valence-corrected chi connectivity index (χ1v) is 7.44. The van der Waals surface area contributed by atoms with Crippen LogP contribution in [-0.4, -0.2) is 37.3 Å². The SMILES string of the molecule is COc1ccc(C2=COC3CC(OC)CCC3C2=O)c(O)c1. The number of rotatable bonds is 3. The second-order valence-corrected chi connectivity index (χ2v) is 5.73. The maximum Gasteiger partial charge on any atom is 0.173 e. The number of aromatic hydroxyl groups is 1. The molecule has 3 atom stereocenters. The molecule has 0 amide bonds. The van der Waals surface area contributed by atoms with Crippen molar-refractivity contribution >= 4 is 11.4 Å². The van der Waals surface area contributed by atoms with Gasteiger partial charge < -0.3 is 19.3 Å². The predicted molar refractivity (Wildman–Crippen MR) is 80.7 cm³/mol. The summed E-state index contributed by atoms with van der Waals surface area (Å²) in [6.45, 7) is 0. The largest absolute Gasteiger partial charge is 0.507 e. The summed E-state index contributed by atoms with van der Waals surface area (Å²) in [7, 11) is 3.22. The summed E-state index contributed by atoms with van der Waals surface area (Å²) >= 11 is 0. The first kappa shape index (κ1) is 14.9. The highest BCUT2D eigenvalue weighted by atomic mass is 16.5. The van der Waals surface area contributed by atoms with Crippen LogP contribution < -0.4 is 4.74 Å². The van der Waals surface area contributed by atoms with Crippen LogP contribution in [0.2, 0.25) is 0 Å². The molecule has 1 heterocycles. The van der Waals surface area contributed by atoms with E-state index in [2.05, 4.69) is 0 Å². The van der Waals surface area contributed by atoms with Gasteiger partial charge in [-0.3, -0.25) is 4.79 Å². The zero-order valence-corrected chi connectivity index (χ0v) is 12.7. The fraction of sp³-hybridized carbons (Fsp3) is 0.471. The quantitative estimate of drug-likeness (QED) is 0.929. The molecule has 3 rings (SSSR count). The molecule has 1 saturated carbocycles. The molecule has 5 heteroatoms. The summed E-state index contributed by atoms with van der Waals surface area (Å²) in [5.74, 6) is 0.440. The number of fused-ring (bicyclic) bond motifs is 1. The van der Waals surface area contributed by atoms with E-state index in [0.29, 0.717) is 16.9 Å². The molecule has 1 aromatic carbocycles. The molecule has 0 aromatic heterocycles. The van der Waals surface area contributed by atoms with Crippen LogP contribution in [-0.2, 0) is 14.3 Å². The van der Waals surface area contributed by atoms with E-state index in [1.54, 1.807) is 19.2 Å². The summed E-state index contributed by atoms with van der Waals surface area (Å²) in [6, 6.07) is 4.90. The molecule has 22 heavy (non-hydrogen) atoms. The van der Waals surface area contributed by atoms with Gasteiger partial charge in [0.15, 0.2) is 5.78 Å². The van der Waals surface area contributed by atoms with Crippen molar-refractivity contribution in [2.75, 3.05) is 14.2 Å². The van der Waals surface area contributed by atoms with E-state index >= 15 is 0 Å². The number of ether oxygens (including phenoxy) is 3. The maximum atomic E-state index is 12.7. The van der Waals surface area contributed by atoms with Crippen molar-refractivity contribution < 1.29 is 24.1 Å². The van der Waals surface area contributed by atoms with Crippen LogP contribution in [0.1, 0.15) is 24.8 Å². The molecule has 1 fully saturated rings. The van der Waals surface area contributed by atoms with E-state index in [0.717, 1.165) is 19.3 Å². The zero-order chi connectivity index (χ0) is 15.7. The monoisotopic (exact) mass is 304 g/mol. The van der Waals surface area contributed by atoms with Gasteiger partial charge in [-0.15, -0.1) is 0 Å². The Morgan fingerprint density at radius 2 is 2.09 bits per heavy atom. The van der Waals surface area contributed by atoms with E-state index in [-0.39, 0.29) is 29.7 Å². The minimum Gasteiger partial charge on any atom is -0.507 e. The highest BCUT2D eigenvalue weighted by Crippen LogP contribution is 2.39. The van der Waals surface area contributed by atoms with Crippen molar-refractivity contribution in [3.8, 4) is 11.5 Å². The number of allylic oxidation sites excluding steroid dienone is 1. The van der Waals surface area contributed by atoms with Crippen LogP contribution in [0.15, 0.2) is 24.5 Å². The highest BCUT2D eigenvalue weighted by molar-refractivity contribution is 6.22. The number of methoxy groups -OCH3 is 2. The number of Topliss-reactive ketones (excluding diaryl/α,β-unsaturated/α-hetero) is 1. The van der Waals surface area contributed by atoms with E-state index in [9.17, 15) is 9.90 Å². The van der Waals surface area contributed by atoms with Crippen molar-refractivity contribution in [3.63, 3.8) is 0 Å². The maximum absolute atomic E-state index is 12.7. The van der Waals surface area contributed by atoms with Gasteiger partial charge in [0.1, 0.15) is 17.6 Å². The lowest BCUT2D eigenvalue weighted by Crippen LogP contribution is -2.41. The number of phenols is 1. The summed E-state index contributed by atoms with van der Waals surface area (Å²) in [5, 5.41) is 10.1. The normalized spacial score (nSPS) is 27.6. The molecule has 118 valence electrons. The minimum atomic E-state index is -0.159. The molecular formula is C17H20O5. The fourth-order valence-electron chi connectivity index (χ4n) is 3.23. The van der Waals surface area contributed by atoms with Gasteiger partial charge in [-0.1, -0.05) is 0 Å². The number of carbonyl (C=O) groups excluding carboxylic acids is 1. The molecule has 0 saturated heterocycles. The minimum absolute atomic E-state index is 0.0200. The third-order valence-corrected chi connectivity index (χ3v) is 4.53. The van der Waals surface area contributed by atoms with E-state index in [1.807, 2.05) is 0 Å². The van der Waals surface area contributed by atoms with Gasteiger partial charge in [0.05, 0.1) is 31.0 Å². The number of hydrogen-bond acceptors (Lipinski definition) is 5. The third kappa shape index (κ3) is 2.57. The van der Waals surface area contributed by atoms with Crippen molar-refractivity contribution in [3.05, 3.63) is 30.0 Å². The molecule has 1 N–H and O–H groups in total. The number of ketones is 1. The van der Waals surface area contributed by atoms with Gasteiger partial charge in [0.25, 0.3) is 0 Å². The van der Waals surface area contributed by atoms with Crippen LogP contribution >= 0.6 is 0 Å². The van der Waals surface area contributed by atoms with Crippen molar-refractivity contribution in [2.24, 2.45) is 5.92 Å². The van der Waals surface area contributed by atoms with Crippen molar-refractivity contribution in [2.45, 2.75) is 31.5 Å². The number of carbonyl (C=O) groups is 1. The lowest BCUT2D eigenvalue weighted by molar-refractivity contribution is -0.127. The summed E-state index contributed by atoms with van der Waals surface area (Å²) in [5.41, 5.74) is 0.912. The topological polar surface area (TPSA) is 65.0 Å². The van der Waals surface area contributed by atoms with E-state index < -0.39 is 0 Å². The molecule has 0 bridgehead atoms. The molecular weight excluding hydrogens is 284 g/mol. The lowest BCUT2D eigenvalue weighted by Gasteiger charge is -2.37. The molecule has 1 aliphatic heterocycles. The Hall–Kier alpha value is -2.01. The lowest BCUT2D eigenvalue weighted by atomic mass is 9.77. The Kier molecular flexibility index (Phi) is 4.07. The smallest absolute Gasteiger partial charge is 0.173 e. The van der Waals surface area contributed by atoms with Gasteiger partial charge in [0, 0.05) is 25.2 Å². The fourth-order valence-corrected chi connectivity index (χ4v) is 3.23. The number of phenolic OH excluding ortho intramolecular Hbond substituents is 1. The van der Waals surface area contributed by atoms with Crippen LogP contribution in [0.25, 0.3) is 5.57 Å². The zero-order valence-electron chi connectivity index (χ0n) is 12.7. The molecule has 0 spiro atoms. The Labute approximate surface area is 129 Å². The second-order valence-electron chi connectivity index (χ2n) is 5.73. The van der Waals surface area contributed by atoms with Crippen LogP contribution in [0.4, 0.5) is 0 Å². The average Bonchev–Trinajstić information content (AvgIpc) is 2.55. The van der Waals surface area contributed by atoms with E-state index in [4.69, 9.17) is 14.2 Å². The molecule has 3 unspecified atom stereocenters. The summed E-state index contributed by atoms with van der Waals surface area (Å²) in [6.07, 6.45) is 3.83. The Bertz CT molecular complexity index is 607. The van der Waals surface area contributed by atoms with Crippen LogP contribution in [0.3, 0.4) is 0 Å². The Balaban J connectivity index is 1.87. The number of benzene rings is 1. The summed E-state index contributed by atoms with van der Waals surface area (Å²) < 4.78 is 16.2. The molecule has 2 aliphatic rings. The Morgan fingerprint density at radius 1 is 1.27 bits per heavy atom. The third-order valence-electron chi connectivity index (χ3n) is 4.53. The first-order valence-electron chi connectivity index (χ1n) is 7.44. The van der Waals surface area contributed by atoms with Gasteiger partial charge in [-0.2, -0.15) is 0 Å². The predicted octanol–water partition coefficient (Wildman–Crippen LogP) is 2.52. The van der Waals surface area contributed by atoms with Gasteiger partial charge >= 0.3 is 0 Å². The molecule has 1 aliphatic carbocycles. The van der Waals surface area contributed by atoms with Crippen LogP contribution in [0, 0.1) is 5.92 Å². The average molecular weight is 304 g/mol. The van der Waals surface area contributed by atoms with E-state index in [1.165, 1.54) is 19.4 Å². The highest BCUT2D eigenvalue weighted by Gasteiger charge is 2.40. The Morgan fingerprint density at radius 3 is 2.77 bits per heavy atom. The summed E-state index contributed by atoms with van der Waals surface area (Å²) in [4.78, 5) is 12.7. The molecule has 0 radical (unpaired) electrons. The molecule has 1 aromatic rings. The van der Waals surface area contributed by atoms with Crippen molar-refractivity contribution in [1.82, 2.24) is 0 Å². The molecule has 5 nitrogen and oxygen atoms in total.